The van der Waals surface area contributed by atoms with E-state index in [0.29, 0.717) is 24.4 Å². The van der Waals surface area contributed by atoms with Crippen molar-refractivity contribution in [3.8, 4) is 0 Å². The number of aryl methyl sites for hydroxylation is 2. The SMILES string of the molecule is Cc1cc[n+](CCCCS(=O)(=O)O)c2ccc(Cl)cc12. The zero-order valence-corrected chi connectivity index (χ0v) is 12.8. The largest absolute Gasteiger partial charge is 0.286 e. The van der Waals surface area contributed by atoms with Crippen LogP contribution in [0, 0.1) is 6.92 Å². The molecule has 0 atom stereocenters. The molecule has 1 N–H and O–H groups in total. The lowest BCUT2D eigenvalue weighted by molar-refractivity contribution is -0.671. The van der Waals surface area contributed by atoms with Gasteiger partial charge in [0.2, 0.25) is 5.52 Å². The summed E-state index contributed by atoms with van der Waals surface area (Å²) in [5.41, 5.74) is 2.22. The van der Waals surface area contributed by atoms with Crippen molar-refractivity contribution < 1.29 is 17.5 Å². The minimum atomic E-state index is -3.86. The smallest absolute Gasteiger partial charge is 0.264 e. The highest BCUT2D eigenvalue weighted by atomic mass is 35.5. The highest BCUT2D eigenvalue weighted by Crippen LogP contribution is 2.19. The molecule has 1 aromatic heterocycles. The first-order valence-corrected chi connectivity index (χ1v) is 8.39. The quantitative estimate of drug-likeness (QED) is 0.524. The topological polar surface area (TPSA) is 58.2 Å². The molecular formula is C14H17ClNO3S+. The van der Waals surface area contributed by atoms with E-state index in [9.17, 15) is 8.42 Å². The van der Waals surface area contributed by atoms with Gasteiger partial charge in [-0.1, -0.05) is 11.6 Å². The van der Waals surface area contributed by atoms with Crippen molar-refractivity contribution in [2.45, 2.75) is 26.3 Å². The second kappa shape index (κ2) is 6.08. The van der Waals surface area contributed by atoms with E-state index in [-0.39, 0.29) is 5.75 Å². The minimum absolute atomic E-state index is 0.191. The number of nitrogens with zero attached hydrogens (tertiary/aromatic N) is 1. The summed E-state index contributed by atoms with van der Waals surface area (Å²) in [6, 6.07) is 7.76. The third-order valence-corrected chi connectivity index (χ3v) is 4.29. The van der Waals surface area contributed by atoms with E-state index in [4.69, 9.17) is 16.2 Å². The van der Waals surface area contributed by atoms with Gasteiger partial charge in [0.25, 0.3) is 10.1 Å². The van der Waals surface area contributed by atoms with Crippen LogP contribution in [0.25, 0.3) is 10.9 Å². The molecule has 2 rings (SSSR count). The van der Waals surface area contributed by atoms with Crippen LogP contribution in [-0.2, 0) is 16.7 Å². The van der Waals surface area contributed by atoms with Gasteiger partial charge in [-0.3, -0.25) is 4.55 Å². The minimum Gasteiger partial charge on any atom is -0.286 e. The average molecular weight is 315 g/mol. The maximum atomic E-state index is 10.7. The van der Waals surface area contributed by atoms with Crippen molar-refractivity contribution in [3.05, 3.63) is 41.0 Å². The number of benzene rings is 1. The predicted octanol–water partition coefficient (Wildman–Crippen LogP) is 2.76. The molecule has 0 aliphatic heterocycles. The van der Waals surface area contributed by atoms with Gasteiger partial charge in [-0.25, -0.2) is 0 Å². The molecule has 2 aromatic rings. The van der Waals surface area contributed by atoms with Crippen molar-refractivity contribution in [3.63, 3.8) is 0 Å². The summed E-state index contributed by atoms with van der Waals surface area (Å²) < 4.78 is 32.1. The Labute approximate surface area is 123 Å². The number of hydrogen-bond acceptors (Lipinski definition) is 2. The monoisotopic (exact) mass is 314 g/mol. The first-order valence-electron chi connectivity index (χ1n) is 6.40. The molecule has 4 nitrogen and oxygen atoms in total. The fourth-order valence-electron chi connectivity index (χ4n) is 2.21. The van der Waals surface area contributed by atoms with Gasteiger partial charge in [0.1, 0.15) is 6.54 Å². The molecule has 0 saturated carbocycles. The maximum absolute atomic E-state index is 10.7. The summed E-state index contributed by atoms with van der Waals surface area (Å²) in [4.78, 5) is 0. The zero-order valence-electron chi connectivity index (χ0n) is 11.2. The number of hydrogen-bond donors (Lipinski definition) is 1. The van der Waals surface area contributed by atoms with Gasteiger partial charge in [0.05, 0.1) is 11.1 Å². The Kier molecular flexibility index (Phi) is 4.62. The molecule has 0 bridgehead atoms. The van der Waals surface area contributed by atoms with Crippen LogP contribution in [0.5, 0.6) is 0 Å². The summed E-state index contributed by atoms with van der Waals surface area (Å²) in [5.74, 6) is -0.191. The third kappa shape index (κ3) is 3.91. The van der Waals surface area contributed by atoms with Crippen LogP contribution < -0.4 is 4.57 Å². The van der Waals surface area contributed by atoms with Crippen molar-refractivity contribution in [2.24, 2.45) is 0 Å². The first kappa shape index (κ1) is 15.2. The van der Waals surface area contributed by atoms with Crippen LogP contribution in [0.1, 0.15) is 18.4 Å². The number of aromatic nitrogens is 1. The lowest BCUT2D eigenvalue weighted by atomic mass is 10.1. The Morgan fingerprint density at radius 2 is 2.00 bits per heavy atom. The predicted molar refractivity (Wildman–Crippen MR) is 79.5 cm³/mol. The van der Waals surface area contributed by atoms with Gasteiger partial charge in [0.15, 0.2) is 6.20 Å². The summed E-state index contributed by atoms with van der Waals surface area (Å²) in [6.07, 6.45) is 3.11. The Hall–Kier alpha value is -1.17. The van der Waals surface area contributed by atoms with E-state index in [0.717, 1.165) is 16.5 Å². The van der Waals surface area contributed by atoms with Gasteiger partial charge in [0, 0.05) is 23.6 Å². The molecule has 0 aliphatic rings. The standard InChI is InChI=1S/C14H16ClNO3S/c1-11-6-8-16(7-2-3-9-20(17,18)19)14-5-4-12(15)10-13(11)14/h4-6,8,10H,2-3,7,9H2,1H3/p+1. The van der Waals surface area contributed by atoms with E-state index < -0.39 is 10.1 Å². The van der Waals surface area contributed by atoms with Crippen LogP contribution in [0.3, 0.4) is 0 Å². The Morgan fingerprint density at radius 3 is 2.70 bits per heavy atom. The first-order chi connectivity index (χ1) is 9.37. The van der Waals surface area contributed by atoms with Crippen molar-refractivity contribution >= 4 is 32.6 Å². The zero-order chi connectivity index (χ0) is 14.8. The van der Waals surface area contributed by atoms with E-state index in [1.54, 1.807) is 0 Å². The van der Waals surface area contributed by atoms with E-state index in [2.05, 4.69) is 4.57 Å². The van der Waals surface area contributed by atoms with Gasteiger partial charge in [-0.05, 0) is 31.0 Å². The van der Waals surface area contributed by atoms with Crippen LogP contribution in [0.15, 0.2) is 30.5 Å². The molecule has 1 heterocycles. The molecule has 108 valence electrons. The average Bonchev–Trinajstić information content (AvgIpc) is 2.36. The normalized spacial score (nSPS) is 11.9. The fourth-order valence-corrected chi connectivity index (χ4v) is 2.95. The van der Waals surface area contributed by atoms with Crippen LogP contribution in [0.2, 0.25) is 5.02 Å². The summed E-state index contributed by atoms with van der Waals surface area (Å²) >= 11 is 6.02. The van der Waals surface area contributed by atoms with Crippen molar-refractivity contribution in [2.75, 3.05) is 5.75 Å². The molecule has 0 fully saturated rings. The van der Waals surface area contributed by atoms with Gasteiger partial charge < -0.3 is 0 Å². The van der Waals surface area contributed by atoms with Crippen LogP contribution in [0.4, 0.5) is 0 Å². The molecule has 0 unspecified atom stereocenters. The molecule has 6 heteroatoms. The molecule has 0 radical (unpaired) electrons. The van der Waals surface area contributed by atoms with Crippen LogP contribution in [-0.4, -0.2) is 18.7 Å². The maximum Gasteiger partial charge on any atom is 0.264 e. The molecule has 0 saturated heterocycles. The van der Waals surface area contributed by atoms with E-state index in [1.165, 1.54) is 0 Å². The molecule has 0 aliphatic carbocycles. The highest BCUT2D eigenvalue weighted by molar-refractivity contribution is 7.85. The molecule has 0 amide bonds. The number of rotatable bonds is 5. The Morgan fingerprint density at radius 1 is 1.25 bits per heavy atom. The van der Waals surface area contributed by atoms with Gasteiger partial charge in [-0.2, -0.15) is 13.0 Å². The third-order valence-electron chi connectivity index (χ3n) is 3.25. The molecule has 0 spiro atoms. The van der Waals surface area contributed by atoms with Crippen LogP contribution >= 0.6 is 11.6 Å². The second-order valence-corrected chi connectivity index (χ2v) is 6.86. The highest BCUT2D eigenvalue weighted by Gasteiger charge is 2.12. The lowest BCUT2D eigenvalue weighted by Crippen LogP contribution is -2.34. The lowest BCUT2D eigenvalue weighted by Gasteiger charge is -2.04. The van der Waals surface area contributed by atoms with E-state index >= 15 is 0 Å². The summed E-state index contributed by atoms with van der Waals surface area (Å²) in [7, 11) is -3.86. The molecular weight excluding hydrogens is 298 g/mol. The van der Waals surface area contributed by atoms with Crippen molar-refractivity contribution in [1.29, 1.82) is 0 Å². The second-order valence-electron chi connectivity index (χ2n) is 4.85. The number of unbranched alkanes of at least 4 members (excludes halogenated alkanes) is 1. The molecule has 20 heavy (non-hydrogen) atoms. The number of pyridine rings is 1. The van der Waals surface area contributed by atoms with Crippen molar-refractivity contribution in [1.82, 2.24) is 0 Å². The number of halogens is 1. The van der Waals surface area contributed by atoms with Gasteiger partial charge in [-0.15, -0.1) is 0 Å². The van der Waals surface area contributed by atoms with Gasteiger partial charge >= 0.3 is 0 Å². The van der Waals surface area contributed by atoms with E-state index in [1.807, 2.05) is 37.4 Å². The fraction of sp³-hybridized carbons (Fsp3) is 0.357. The summed E-state index contributed by atoms with van der Waals surface area (Å²) in [5, 5.41) is 1.79. The molecule has 1 aromatic carbocycles. The summed E-state index contributed by atoms with van der Waals surface area (Å²) in [6.45, 7) is 2.73. The number of fused-ring (bicyclic) bond motifs is 1. The Bertz CT molecular complexity index is 729. The Balaban J connectivity index is 2.17.